The Kier molecular flexibility index (Phi) is 3.33. The number of aromatic nitrogens is 1. The van der Waals surface area contributed by atoms with Gasteiger partial charge in [-0.3, -0.25) is 4.90 Å². The fourth-order valence-electron chi connectivity index (χ4n) is 3.02. The lowest BCUT2D eigenvalue weighted by Gasteiger charge is -2.33. The van der Waals surface area contributed by atoms with Crippen LogP contribution >= 0.6 is 0 Å². The highest BCUT2D eigenvalue weighted by molar-refractivity contribution is 5.85. The van der Waals surface area contributed by atoms with Crippen LogP contribution in [-0.2, 0) is 0 Å². The fraction of sp³-hybridized carbons (Fsp3) is 0.500. The molecule has 1 aromatic heterocycles. The molecule has 1 saturated heterocycles. The first-order valence-corrected chi connectivity index (χ1v) is 7.20. The minimum Gasteiger partial charge on any atom is -0.358 e. The van der Waals surface area contributed by atoms with E-state index in [2.05, 4.69) is 54.2 Å². The average molecular weight is 257 g/mol. The summed E-state index contributed by atoms with van der Waals surface area (Å²) in [5.41, 5.74) is 5.34. The van der Waals surface area contributed by atoms with Crippen LogP contribution in [0.15, 0.2) is 18.2 Å². The van der Waals surface area contributed by atoms with Crippen molar-refractivity contribution in [1.82, 2.24) is 15.2 Å². The van der Waals surface area contributed by atoms with Crippen LogP contribution in [0.3, 0.4) is 0 Å². The summed E-state index contributed by atoms with van der Waals surface area (Å²) in [5.74, 6) is 0. The third-order valence-corrected chi connectivity index (χ3v) is 4.51. The van der Waals surface area contributed by atoms with E-state index in [4.69, 9.17) is 0 Å². The summed E-state index contributed by atoms with van der Waals surface area (Å²) >= 11 is 0. The Bertz CT molecular complexity index is 579. The minimum atomic E-state index is 0.501. The maximum absolute atomic E-state index is 3.45. The van der Waals surface area contributed by atoms with Crippen molar-refractivity contribution in [3.8, 4) is 0 Å². The SMILES string of the molecule is Cc1[nH]c2ccc(C(C)N3CCNCC3)cc2c1C. The minimum absolute atomic E-state index is 0.501. The first-order chi connectivity index (χ1) is 9.16. The zero-order valence-corrected chi connectivity index (χ0v) is 12.1. The number of nitrogens with one attached hydrogen (secondary N) is 2. The predicted octanol–water partition coefficient (Wildman–Crippen LogP) is 2.75. The Hall–Kier alpha value is -1.32. The van der Waals surface area contributed by atoms with Gasteiger partial charge in [-0.05, 0) is 44.0 Å². The van der Waals surface area contributed by atoms with Gasteiger partial charge in [0.2, 0.25) is 0 Å². The molecule has 0 radical (unpaired) electrons. The standard InChI is InChI=1S/C16H23N3/c1-11-12(2)18-16-5-4-14(10-15(11)16)13(3)19-8-6-17-7-9-19/h4-5,10,13,17-18H,6-9H2,1-3H3. The number of piperazine rings is 1. The zero-order valence-electron chi connectivity index (χ0n) is 12.1. The molecule has 2 aromatic rings. The Balaban J connectivity index is 1.93. The second-order valence-corrected chi connectivity index (χ2v) is 5.64. The van der Waals surface area contributed by atoms with Gasteiger partial charge >= 0.3 is 0 Å². The van der Waals surface area contributed by atoms with Crippen molar-refractivity contribution < 1.29 is 0 Å². The third kappa shape index (κ3) is 2.28. The van der Waals surface area contributed by atoms with E-state index in [0.717, 1.165) is 26.2 Å². The molecule has 1 aliphatic rings. The normalized spacial score (nSPS) is 18.9. The van der Waals surface area contributed by atoms with Gasteiger partial charge < -0.3 is 10.3 Å². The number of aromatic amines is 1. The lowest BCUT2D eigenvalue weighted by atomic mass is 10.0. The molecule has 1 fully saturated rings. The van der Waals surface area contributed by atoms with Crippen molar-refractivity contribution >= 4 is 10.9 Å². The number of rotatable bonds is 2. The van der Waals surface area contributed by atoms with Crippen molar-refractivity contribution in [2.45, 2.75) is 26.8 Å². The molecule has 0 spiro atoms. The summed E-state index contributed by atoms with van der Waals surface area (Å²) in [5, 5.41) is 4.79. The van der Waals surface area contributed by atoms with E-state index in [-0.39, 0.29) is 0 Å². The van der Waals surface area contributed by atoms with Crippen molar-refractivity contribution in [3.05, 3.63) is 35.0 Å². The zero-order chi connectivity index (χ0) is 13.4. The summed E-state index contributed by atoms with van der Waals surface area (Å²) < 4.78 is 0. The number of fused-ring (bicyclic) bond motifs is 1. The Morgan fingerprint density at radius 2 is 1.89 bits per heavy atom. The molecule has 2 N–H and O–H groups in total. The summed E-state index contributed by atoms with van der Waals surface area (Å²) in [6.45, 7) is 11.2. The topological polar surface area (TPSA) is 31.1 Å². The predicted molar refractivity (Wildman–Crippen MR) is 80.6 cm³/mol. The summed E-state index contributed by atoms with van der Waals surface area (Å²) in [4.78, 5) is 6.01. The first kappa shape index (κ1) is 12.7. The Morgan fingerprint density at radius 3 is 2.63 bits per heavy atom. The molecule has 2 heterocycles. The summed E-state index contributed by atoms with van der Waals surface area (Å²) in [7, 11) is 0. The van der Waals surface area contributed by atoms with Crippen LogP contribution in [0.4, 0.5) is 0 Å². The van der Waals surface area contributed by atoms with Gasteiger partial charge in [-0.1, -0.05) is 6.07 Å². The fourth-order valence-corrected chi connectivity index (χ4v) is 3.02. The second kappa shape index (κ2) is 4.99. The molecule has 0 bridgehead atoms. The molecule has 1 aromatic carbocycles. The maximum atomic E-state index is 3.45. The van der Waals surface area contributed by atoms with E-state index in [1.54, 1.807) is 0 Å². The molecule has 1 atom stereocenters. The molecule has 19 heavy (non-hydrogen) atoms. The van der Waals surface area contributed by atoms with Gasteiger partial charge in [-0.2, -0.15) is 0 Å². The number of H-pyrrole nitrogens is 1. The van der Waals surface area contributed by atoms with Crippen molar-refractivity contribution in [2.75, 3.05) is 26.2 Å². The van der Waals surface area contributed by atoms with Crippen LogP contribution in [-0.4, -0.2) is 36.1 Å². The van der Waals surface area contributed by atoms with E-state index in [0.29, 0.717) is 6.04 Å². The molecule has 0 amide bonds. The number of hydrogen-bond acceptors (Lipinski definition) is 2. The number of benzene rings is 1. The van der Waals surface area contributed by atoms with Crippen LogP contribution in [0.5, 0.6) is 0 Å². The number of hydrogen-bond donors (Lipinski definition) is 2. The van der Waals surface area contributed by atoms with Gasteiger partial charge in [0.1, 0.15) is 0 Å². The van der Waals surface area contributed by atoms with Crippen molar-refractivity contribution in [2.24, 2.45) is 0 Å². The summed E-state index contributed by atoms with van der Waals surface area (Å²) in [6, 6.07) is 7.36. The van der Waals surface area contributed by atoms with Crippen LogP contribution in [0, 0.1) is 13.8 Å². The number of aryl methyl sites for hydroxylation is 2. The highest BCUT2D eigenvalue weighted by Crippen LogP contribution is 2.27. The Morgan fingerprint density at radius 1 is 1.16 bits per heavy atom. The molecule has 1 aliphatic heterocycles. The van der Waals surface area contributed by atoms with Gasteiger partial charge in [0.15, 0.2) is 0 Å². The lowest BCUT2D eigenvalue weighted by Crippen LogP contribution is -2.44. The summed E-state index contributed by atoms with van der Waals surface area (Å²) in [6.07, 6.45) is 0. The van der Waals surface area contributed by atoms with Crippen molar-refractivity contribution in [1.29, 1.82) is 0 Å². The molecule has 3 nitrogen and oxygen atoms in total. The molecule has 3 heteroatoms. The molecule has 0 saturated carbocycles. The van der Waals surface area contributed by atoms with Gasteiger partial charge in [0.25, 0.3) is 0 Å². The van der Waals surface area contributed by atoms with Crippen LogP contribution < -0.4 is 5.32 Å². The lowest BCUT2D eigenvalue weighted by molar-refractivity contribution is 0.185. The number of nitrogens with zero attached hydrogens (tertiary/aromatic N) is 1. The Labute approximate surface area is 115 Å². The smallest absolute Gasteiger partial charge is 0.0458 e. The first-order valence-electron chi connectivity index (χ1n) is 7.20. The van der Waals surface area contributed by atoms with E-state index in [1.165, 1.54) is 27.7 Å². The highest BCUT2D eigenvalue weighted by atomic mass is 15.2. The molecule has 3 rings (SSSR count). The second-order valence-electron chi connectivity index (χ2n) is 5.64. The molecular formula is C16H23N3. The molecule has 1 unspecified atom stereocenters. The average Bonchev–Trinajstić information content (AvgIpc) is 2.74. The van der Waals surface area contributed by atoms with E-state index >= 15 is 0 Å². The van der Waals surface area contributed by atoms with Crippen LogP contribution in [0.25, 0.3) is 10.9 Å². The molecule has 102 valence electrons. The van der Waals surface area contributed by atoms with Gasteiger partial charge in [0.05, 0.1) is 0 Å². The van der Waals surface area contributed by atoms with Gasteiger partial charge in [0, 0.05) is 48.8 Å². The van der Waals surface area contributed by atoms with E-state index in [9.17, 15) is 0 Å². The van der Waals surface area contributed by atoms with E-state index in [1.807, 2.05) is 0 Å². The molecular weight excluding hydrogens is 234 g/mol. The van der Waals surface area contributed by atoms with Crippen molar-refractivity contribution in [3.63, 3.8) is 0 Å². The quantitative estimate of drug-likeness (QED) is 0.867. The van der Waals surface area contributed by atoms with Gasteiger partial charge in [-0.25, -0.2) is 0 Å². The van der Waals surface area contributed by atoms with Crippen LogP contribution in [0.1, 0.15) is 29.8 Å². The van der Waals surface area contributed by atoms with Gasteiger partial charge in [-0.15, -0.1) is 0 Å². The monoisotopic (exact) mass is 257 g/mol. The van der Waals surface area contributed by atoms with E-state index < -0.39 is 0 Å². The third-order valence-electron chi connectivity index (χ3n) is 4.51. The largest absolute Gasteiger partial charge is 0.358 e. The highest BCUT2D eigenvalue weighted by Gasteiger charge is 2.18. The maximum Gasteiger partial charge on any atom is 0.0458 e. The molecule has 0 aliphatic carbocycles. The van der Waals surface area contributed by atoms with Crippen LogP contribution in [0.2, 0.25) is 0 Å².